The molecule has 0 bridgehead atoms. The first-order valence-electron chi connectivity index (χ1n) is 4.06. The van der Waals surface area contributed by atoms with E-state index in [0.29, 0.717) is 5.69 Å². The molecule has 1 heterocycles. The Kier molecular flexibility index (Phi) is 2.22. The van der Waals surface area contributed by atoms with Gasteiger partial charge in [0.05, 0.1) is 11.9 Å². The number of aromatic nitrogens is 2. The predicted octanol–water partition coefficient (Wildman–Crippen LogP) is 2.14. The maximum absolute atomic E-state index is 9.18. The monoisotopic (exact) mass is 188 g/mol. The van der Waals surface area contributed by atoms with E-state index in [9.17, 15) is 5.11 Å². The van der Waals surface area contributed by atoms with E-state index in [1.165, 1.54) is 12.3 Å². The van der Waals surface area contributed by atoms with Crippen LogP contribution >= 0.6 is 0 Å². The molecule has 1 N–H and O–H groups in total. The van der Waals surface area contributed by atoms with Crippen molar-refractivity contribution in [1.29, 1.82) is 0 Å². The minimum Gasteiger partial charge on any atom is -0.492 e. The van der Waals surface area contributed by atoms with Gasteiger partial charge in [-0.25, -0.2) is 0 Å². The van der Waals surface area contributed by atoms with Crippen LogP contribution in [0.2, 0.25) is 0 Å². The summed E-state index contributed by atoms with van der Waals surface area (Å²) in [5, 5.41) is 20.5. The van der Waals surface area contributed by atoms with Gasteiger partial charge >= 0.3 is 0 Å². The van der Waals surface area contributed by atoms with E-state index in [-0.39, 0.29) is 5.88 Å². The van der Waals surface area contributed by atoms with Crippen LogP contribution in [0.4, 0.5) is 5.69 Å². The summed E-state index contributed by atoms with van der Waals surface area (Å²) >= 11 is 0. The maximum Gasteiger partial charge on any atom is 0.234 e. The molecule has 2 aromatic rings. The fourth-order valence-electron chi connectivity index (χ4n) is 0.947. The molecule has 1 aromatic carbocycles. The summed E-state index contributed by atoms with van der Waals surface area (Å²) in [7, 11) is 0. The molecule has 0 saturated heterocycles. The maximum atomic E-state index is 9.18. The summed E-state index contributed by atoms with van der Waals surface area (Å²) in [6.07, 6.45) is 1.44. The van der Waals surface area contributed by atoms with Crippen molar-refractivity contribution in [3.8, 4) is 5.88 Å². The second-order valence-corrected chi connectivity index (χ2v) is 2.60. The Morgan fingerprint density at radius 1 is 1.14 bits per heavy atom. The van der Waals surface area contributed by atoms with Crippen LogP contribution in [0.5, 0.6) is 5.88 Å². The minimum atomic E-state index is -0.0373. The molecule has 0 radical (unpaired) electrons. The fourth-order valence-corrected chi connectivity index (χ4v) is 0.947. The lowest BCUT2D eigenvalue weighted by molar-refractivity contribution is 0.410. The molecule has 14 heavy (non-hydrogen) atoms. The van der Waals surface area contributed by atoms with E-state index >= 15 is 0 Å². The lowest BCUT2D eigenvalue weighted by Crippen LogP contribution is -1.86. The van der Waals surface area contributed by atoms with E-state index in [1.807, 2.05) is 30.3 Å². The zero-order valence-corrected chi connectivity index (χ0v) is 7.28. The van der Waals surface area contributed by atoms with Crippen LogP contribution in [0, 0.1) is 0 Å². The van der Waals surface area contributed by atoms with Gasteiger partial charge in [-0.15, -0.1) is 5.11 Å². The van der Waals surface area contributed by atoms with Crippen molar-refractivity contribution in [2.24, 2.45) is 10.3 Å². The normalized spacial score (nSPS) is 10.9. The van der Waals surface area contributed by atoms with Gasteiger partial charge in [-0.3, -0.25) is 0 Å². The number of benzene rings is 1. The third-order valence-electron chi connectivity index (χ3n) is 1.61. The Balaban J connectivity index is 2.20. The Morgan fingerprint density at radius 3 is 2.57 bits per heavy atom. The fraction of sp³-hybridized carbons (Fsp3) is 0. The third kappa shape index (κ3) is 1.77. The second-order valence-electron chi connectivity index (χ2n) is 2.60. The minimum absolute atomic E-state index is 0.0373. The van der Waals surface area contributed by atoms with Gasteiger partial charge in [-0.05, 0) is 17.4 Å². The van der Waals surface area contributed by atoms with E-state index in [2.05, 4.69) is 15.4 Å². The van der Waals surface area contributed by atoms with Crippen molar-refractivity contribution in [2.75, 3.05) is 0 Å². The van der Waals surface area contributed by atoms with Crippen LogP contribution in [0.25, 0.3) is 0 Å². The molecule has 5 nitrogen and oxygen atoms in total. The van der Waals surface area contributed by atoms with Gasteiger partial charge in [0.25, 0.3) is 0 Å². The molecule has 0 atom stereocenters. The van der Waals surface area contributed by atoms with Crippen molar-refractivity contribution in [3.05, 3.63) is 42.6 Å². The van der Waals surface area contributed by atoms with Crippen molar-refractivity contribution in [1.82, 2.24) is 9.89 Å². The summed E-state index contributed by atoms with van der Waals surface area (Å²) < 4.78 is 0. The molecule has 0 unspecified atom stereocenters. The lowest BCUT2D eigenvalue weighted by Gasteiger charge is -1.91. The second kappa shape index (κ2) is 3.69. The zero-order valence-electron chi connectivity index (χ0n) is 7.28. The molecule has 70 valence electrons. The molecule has 0 aliphatic rings. The van der Waals surface area contributed by atoms with Crippen molar-refractivity contribution < 1.29 is 5.11 Å². The van der Waals surface area contributed by atoms with Crippen LogP contribution in [-0.2, 0) is 0 Å². The van der Waals surface area contributed by atoms with Gasteiger partial charge in [-0.1, -0.05) is 23.0 Å². The molecule has 5 heteroatoms. The molecule has 0 saturated carbocycles. The Bertz CT molecular complexity index is 435. The molecule has 0 spiro atoms. The van der Waals surface area contributed by atoms with Crippen LogP contribution < -0.4 is 0 Å². The first kappa shape index (κ1) is 8.43. The summed E-state index contributed by atoms with van der Waals surface area (Å²) in [6.45, 7) is 0. The third-order valence-corrected chi connectivity index (χ3v) is 1.61. The first-order chi connectivity index (χ1) is 6.86. The number of hydrogen-bond acceptors (Lipinski definition) is 4. The topological polar surface area (TPSA) is 62.8 Å². The van der Waals surface area contributed by atoms with Crippen LogP contribution in [-0.4, -0.2) is 15.0 Å². The number of aromatic hydroxyl groups is 1. The van der Waals surface area contributed by atoms with E-state index in [0.717, 1.165) is 4.79 Å². The van der Waals surface area contributed by atoms with Gasteiger partial charge < -0.3 is 5.11 Å². The highest BCUT2D eigenvalue weighted by molar-refractivity contribution is 5.34. The molecule has 2 rings (SSSR count). The van der Waals surface area contributed by atoms with Crippen molar-refractivity contribution >= 4 is 5.69 Å². The molecule has 0 fully saturated rings. The molecular weight excluding hydrogens is 180 g/mol. The Morgan fingerprint density at radius 2 is 1.93 bits per heavy atom. The molecule has 0 aliphatic heterocycles. The van der Waals surface area contributed by atoms with E-state index in [4.69, 9.17) is 0 Å². The van der Waals surface area contributed by atoms with Gasteiger partial charge in [0.15, 0.2) is 0 Å². The number of nitrogens with zero attached hydrogens (tertiary/aromatic N) is 4. The predicted molar refractivity (Wildman–Crippen MR) is 50.2 cm³/mol. The molecule has 0 aliphatic carbocycles. The highest BCUT2D eigenvalue weighted by Gasteiger charge is 1.95. The molecule has 1 aromatic heterocycles. The Hall–Kier alpha value is -2.17. The largest absolute Gasteiger partial charge is 0.492 e. The summed E-state index contributed by atoms with van der Waals surface area (Å²) in [5.41, 5.74) is 0.711. The zero-order chi connectivity index (χ0) is 9.80. The average molecular weight is 188 g/mol. The van der Waals surface area contributed by atoms with Gasteiger partial charge in [0.1, 0.15) is 0 Å². The number of hydrogen-bond donors (Lipinski definition) is 1. The Labute approximate surface area is 80.3 Å². The SMILES string of the molecule is Oc1ccnn1/N=N/c1ccccc1. The van der Waals surface area contributed by atoms with Crippen LogP contribution in [0.15, 0.2) is 52.9 Å². The smallest absolute Gasteiger partial charge is 0.234 e. The van der Waals surface area contributed by atoms with Gasteiger partial charge in [0, 0.05) is 6.07 Å². The van der Waals surface area contributed by atoms with Gasteiger partial charge in [-0.2, -0.15) is 5.10 Å². The molecular formula is C9H8N4O. The lowest BCUT2D eigenvalue weighted by atomic mass is 10.3. The average Bonchev–Trinajstić information content (AvgIpc) is 2.63. The van der Waals surface area contributed by atoms with Crippen molar-refractivity contribution in [3.63, 3.8) is 0 Å². The standard InChI is InChI=1S/C9H8N4O/c14-9-6-7-10-13(9)12-11-8-4-2-1-3-5-8/h1-7,14H/b12-11+. The quantitative estimate of drug-likeness (QED) is 0.734. The highest BCUT2D eigenvalue weighted by atomic mass is 16.3. The summed E-state index contributed by atoms with van der Waals surface area (Å²) in [4.78, 5) is 1.05. The van der Waals surface area contributed by atoms with Crippen molar-refractivity contribution in [2.45, 2.75) is 0 Å². The van der Waals surface area contributed by atoms with Crippen LogP contribution in [0.1, 0.15) is 0 Å². The molecule has 0 amide bonds. The van der Waals surface area contributed by atoms with E-state index < -0.39 is 0 Å². The summed E-state index contributed by atoms with van der Waals surface area (Å²) in [5.74, 6) is -0.0373. The van der Waals surface area contributed by atoms with E-state index in [1.54, 1.807) is 0 Å². The first-order valence-corrected chi connectivity index (χ1v) is 4.06. The summed E-state index contributed by atoms with van der Waals surface area (Å²) in [6, 6.07) is 10.7. The number of rotatable bonds is 2. The van der Waals surface area contributed by atoms with Gasteiger partial charge in [0.2, 0.25) is 5.88 Å². The van der Waals surface area contributed by atoms with Crippen LogP contribution in [0.3, 0.4) is 0 Å². The highest BCUT2D eigenvalue weighted by Crippen LogP contribution is 2.12.